The molecule has 1 aliphatic rings. The number of nitrogens with zero attached hydrogens (tertiary/aromatic N) is 1. The summed E-state index contributed by atoms with van der Waals surface area (Å²) in [7, 11) is -4.10. The van der Waals surface area contributed by atoms with Gasteiger partial charge in [-0.2, -0.15) is 17.5 Å². The predicted octanol–water partition coefficient (Wildman–Crippen LogP) is 3.15. The standard InChI is InChI=1S/C13H16ClF3N2O2S.ClH/c1-8-7-19(9(2)6-18-8)22(20,21)12-5-10(13(15,16)17)3-4-11(12)14;/h3-5,8-9,18H,6-7H2,1-2H3;1H. The average Bonchev–Trinajstić information content (AvgIpc) is 2.40. The van der Waals surface area contributed by atoms with Gasteiger partial charge in [0.2, 0.25) is 10.0 Å². The van der Waals surface area contributed by atoms with E-state index < -0.39 is 26.7 Å². The Morgan fingerprint density at radius 3 is 2.48 bits per heavy atom. The molecule has 10 heteroatoms. The lowest BCUT2D eigenvalue weighted by Gasteiger charge is -2.36. The molecule has 0 saturated carbocycles. The number of halogens is 5. The van der Waals surface area contributed by atoms with Crippen LogP contribution < -0.4 is 5.32 Å². The molecule has 2 rings (SSSR count). The number of sulfonamides is 1. The first-order valence-electron chi connectivity index (χ1n) is 6.65. The monoisotopic (exact) mass is 392 g/mol. The molecule has 1 saturated heterocycles. The van der Waals surface area contributed by atoms with Gasteiger partial charge in [-0.3, -0.25) is 0 Å². The zero-order valence-corrected chi connectivity index (χ0v) is 14.8. The number of nitrogens with one attached hydrogen (secondary N) is 1. The molecule has 0 aromatic heterocycles. The molecule has 23 heavy (non-hydrogen) atoms. The summed E-state index contributed by atoms with van der Waals surface area (Å²) in [5.74, 6) is 0. The molecular weight excluding hydrogens is 376 g/mol. The molecule has 1 aromatic carbocycles. The van der Waals surface area contributed by atoms with Gasteiger partial charge in [0.05, 0.1) is 10.6 Å². The molecule has 0 aliphatic carbocycles. The summed E-state index contributed by atoms with van der Waals surface area (Å²) in [6, 6.07) is 1.87. The van der Waals surface area contributed by atoms with E-state index in [0.717, 1.165) is 12.1 Å². The lowest BCUT2D eigenvalue weighted by Crippen LogP contribution is -2.56. The van der Waals surface area contributed by atoms with Crippen LogP contribution in [0.3, 0.4) is 0 Å². The summed E-state index contributed by atoms with van der Waals surface area (Å²) in [4.78, 5) is -0.509. The zero-order chi connectivity index (χ0) is 16.7. The van der Waals surface area contributed by atoms with Crippen LogP contribution in [0.4, 0.5) is 13.2 Å². The highest BCUT2D eigenvalue weighted by molar-refractivity contribution is 7.89. The molecule has 0 spiro atoms. The van der Waals surface area contributed by atoms with E-state index in [4.69, 9.17) is 11.6 Å². The fourth-order valence-corrected chi connectivity index (χ4v) is 4.55. The van der Waals surface area contributed by atoms with Crippen LogP contribution in [0.25, 0.3) is 0 Å². The highest BCUT2D eigenvalue weighted by Crippen LogP contribution is 2.35. The van der Waals surface area contributed by atoms with Gasteiger partial charge in [-0.05, 0) is 32.0 Å². The van der Waals surface area contributed by atoms with Crippen molar-refractivity contribution in [3.8, 4) is 0 Å². The van der Waals surface area contributed by atoms with Crippen LogP contribution >= 0.6 is 24.0 Å². The number of alkyl halides is 3. The van der Waals surface area contributed by atoms with Crippen molar-refractivity contribution < 1.29 is 21.6 Å². The molecule has 4 nitrogen and oxygen atoms in total. The fraction of sp³-hybridized carbons (Fsp3) is 0.538. The van der Waals surface area contributed by atoms with E-state index in [1.165, 1.54) is 4.31 Å². The maximum absolute atomic E-state index is 12.8. The molecule has 1 aromatic rings. The Morgan fingerprint density at radius 2 is 1.91 bits per heavy atom. The predicted molar refractivity (Wildman–Crippen MR) is 84.5 cm³/mol. The molecule has 2 unspecified atom stereocenters. The maximum Gasteiger partial charge on any atom is 0.416 e. The van der Waals surface area contributed by atoms with Gasteiger partial charge in [-0.25, -0.2) is 8.42 Å². The first-order chi connectivity index (χ1) is 10.0. The maximum atomic E-state index is 12.8. The number of piperazine rings is 1. The van der Waals surface area contributed by atoms with Crippen LogP contribution in [0.5, 0.6) is 0 Å². The van der Waals surface area contributed by atoms with E-state index in [1.54, 1.807) is 6.92 Å². The van der Waals surface area contributed by atoms with Gasteiger partial charge < -0.3 is 5.32 Å². The van der Waals surface area contributed by atoms with Gasteiger partial charge in [-0.15, -0.1) is 12.4 Å². The summed E-state index contributed by atoms with van der Waals surface area (Å²) in [5.41, 5.74) is -1.04. The normalized spacial score (nSPS) is 23.4. The fourth-order valence-electron chi connectivity index (χ4n) is 2.33. The minimum absolute atomic E-state index is 0. The molecule has 1 N–H and O–H groups in total. The minimum atomic E-state index is -4.63. The van der Waals surface area contributed by atoms with Crippen LogP contribution in [0.15, 0.2) is 23.1 Å². The van der Waals surface area contributed by atoms with Crippen LogP contribution in [-0.4, -0.2) is 37.9 Å². The van der Waals surface area contributed by atoms with E-state index >= 15 is 0 Å². The van der Waals surface area contributed by atoms with Gasteiger partial charge >= 0.3 is 6.18 Å². The largest absolute Gasteiger partial charge is 0.416 e. The van der Waals surface area contributed by atoms with Crippen LogP contribution in [-0.2, 0) is 16.2 Å². The Kier molecular flexibility index (Phi) is 6.37. The van der Waals surface area contributed by atoms with E-state index in [-0.39, 0.29) is 36.1 Å². The highest BCUT2D eigenvalue weighted by Gasteiger charge is 2.37. The number of benzene rings is 1. The van der Waals surface area contributed by atoms with E-state index in [9.17, 15) is 21.6 Å². The van der Waals surface area contributed by atoms with Gasteiger partial charge in [0.15, 0.2) is 0 Å². The average molecular weight is 393 g/mol. The second-order valence-corrected chi connectivity index (χ2v) is 7.64. The molecule has 1 aliphatic heterocycles. The minimum Gasteiger partial charge on any atom is -0.311 e. The second-order valence-electron chi connectivity index (χ2n) is 5.38. The van der Waals surface area contributed by atoms with Crippen molar-refractivity contribution in [3.05, 3.63) is 28.8 Å². The van der Waals surface area contributed by atoms with Crippen LogP contribution in [0.1, 0.15) is 19.4 Å². The molecule has 132 valence electrons. The molecule has 1 heterocycles. The Hall–Kier alpha value is -0.540. The third kappa shape index (κ3) is 4.30. The Labute approximate surface area is 144 Å². The van der Waals surface area contributed by atoms with E-state index in [0.29, 0.717) is 12.6 Å². The summed E-state index contributed by atoms with van der Waals surface area (Å²) in [6.45, 7) is 4.10. The molecule has 2 atom stereocenters. The first kappa shape index (κ1) is 20.5. The van der Waals surface area contributed by atoms with Crippen molar-refractivity contribution in [1.29, 1.82) is 0 Å². The smallest absolute Gasteiger partial charge is 0.311 e. The van der Waals surface area contributed by atoms with Gasteiger partial charge in [0.25, 0.3) is 0 Å². The number of hydrogen-bond acceptors (Lipinski definition) is 3. The Morgan fingerprint density at radius 1 is 1.30 bits per heavy atom. The summed E-state index contributed by atoms with van der Waals surface area (Å²) < 4.78 is 65.0. The van der Waals surface area contributed by atoms with E-state index in [1.807, 2.05) is 6.92 Å². The van der Waals surface area contributed by atoms with Crippen molar-refractivity contribution in [2.75, 3.05) is 13.1 Å². The zero-order valence-electron chi connectivity index (χ0n) is 12.4. The van der Waals surface area contributed by atoms with Crippen molar-refractivity contribution in [3.63, 3.8) is 0 Å². The molecule has 1 fully saturated rings. The molecule has 0 amide bonds. The van der Waals surface area contributed by atoms with Gasteiger partial charge in [0.1, 0.15) is 4.90 Å². The number of hydrogen-bond donors (Lipinski definition) is 1. The topological polar surface area (TPSA) is 49.4 Å². The summed E-state index contributed by atoms with van der Waals surface area (Å²) in [5, 5.41) is 2.90. The Bertz CT molecular complexity index is 668. The molecule has 0 radical (unpaired) electrons. The van der Waals surface area contributed by atoms with Crippen molar-refractivity contribution in [2.45, 2.75) is 37.0 Å². The third-order valence-electron chi connectivity index (χ3n) is 3.55. The van der Waals surface area contributed by atoms with Crippen molar-refractivity contribution >= 4 is 34.0 Å². The van der Waals surface area contributed by atoms with Crippen molar-refractivity contribution in [2.24, 2.45) is 0 Å². The molecular formula is C13H17Cl2F3N2O2S. The van der Waals surface area contributed by atoms with Crippen molar-refractivity contribution in [1.82, 2.24) is 9.62 Å². The first-order valence-corrected chi connectivity index (χ1v) is 8.47. The third-order valence-corrected chi connectivity index (χ3v) is 6.01. The Balaban J connectivity index is 0.00000264. The molecule has 0 bridgehead atoms. The summed E-state index contributed by atoms with van der Waals surface area (Å²) in [6.07, 6.45) is -4.63. The van der Waals surface area contributed by atoms with Gasteiger partial charge in [-0.1, -0.05) is 11.6 Å². The summed E-state index contributed by atoms with van der Waals surface area (Å²) >= 11 is 5.85. The number of rotatable bonds is 2. The quantitative estimate of drug-likeness (QED) is 0.840. The second kappa shape index (κ2) is 7.14. The van der Waals surface area contributed by atoms with Gasteiger partial charge in [0, 0.05) is 25.2 Å². The SMILES string of the molecule is CC1CN(S(=O)(=O)c2cc(C(F)(F)F)ccc2Cl)C(C)CN1.Cl. The lowest BCUT2D eigenvalue weighted by molar-refractivity contribution is -0.137. The lowest BCUT2D eigenvalue weighted by atomic mass is 10.2. The van der Waals surface area contributed by atoms with E-state index in [2.05, 4.69) is 5.32 Å². The van der Waals surface area contributed by atoms with Crippen LogP contribution in [0, 0.1) is 0 Å². The van der Waals surface area contributed by atoms with Crippen LogP contribution in [0.2, 0.25) is 5.02 Å². The highest BCUT2D eigenvalue weighted by atomic mass is 35.5.